The Morgan fingerprint density at radius 1 is 1.44 bits per heavy atom. The van der Waals surface area contributed by atoms with Gasteiger partial charge in [-0.15, -0.1) is 0 Å². The van der Waals surface area contributed by atoms with Gasteiger partial charge in [-0.2, -0.15) is 0 Å². The van der Waals surface area contributed by atoms with E-state index in [1.807, 2.05) is 25.1 Å². The van der Waals surface area contributed by atoms with Crippen molar-refractivity contribution in [2.75, 3.05) is 32.7 Å². The number of esters is 1. The molecule has 0 aliphatic rings. The van der Waals surface area contributed by atoms with Gasteiger partial charge in [-0.1, -0.05) is 11.6 Å². The lowest BCUT2D eigenvalue weighted by Crippen LogP contribution is -2.15. The molecular formula is C11H14ClNO3. The second-order valence-electron chi connectivity index (χ2n) is 3.37. The molecule has 1 aromatic carbocycles. The molecule has 88 valence electrons. The van der Waals surface area contributed by atoms with Crippen molar-refractivity contribution in [3.8, 4) is 5.75 Å². The minimum atomic E-state index is -0.426. The first-order valence-electron chi connectivity index (χ1n) is 4.71. The number of anilines is 1. The lowest BCUT2D eigenvalue weighted by molar-refractivity contribution is -0.142. The van der Waals surface area contributed by atoms with E-state index in [-0.39, 0.29) is 6.61 Å². The molecule has 5 heteroatoms. The van der Waals surface area contributed by atoms with Gasteiger partial charge in [0.25, 0.3) is 0 Å². The van der Waals surface area contributed by atoms with Gasteiger partial charge in [0.05, 0.1) is 12.8 Å². The van der Waals surface area contributed by atoms with Crippen molar-refractivity contribution < 1.29 is 14.3 Å². The third kappa shape index (κ3) is 3.31. The minimum Gasteiger partial charge on any atom is -0.480 e. The lowest BCUT2D eigenvalue weighted by Gasteiger charge is -2.17. The molecule has 0 radical (unpaired) electrons. The van der Waals surface area contributed by atoms with E-state index in [1.165, 1.54) is 7.11 Å². The van der Waals surface area contributed by atoms with Crippen LogP contribution in [0.2, 0.25) is 5.02 Å². The first-order chi connectivity index (χ1) is 7.54. The van der Waals surface area contributed by atoms with Gasteiger partial charge in [0.1, 0.15) is 5.75 Å². The summed E-state index contributed by atoms with van der Waals surface area (Å²) >= 11 is 5.86. The molecule has 0 aliphatic carbocycles. The van der Waals surface area contributed by atoms with Crippen LogP contribution in [-0.4, -0.2) is 33.8 Å². The highest BCUT2D eigenvalue weighted by atomic mass is 35.5. The molecule has 0 heterocycles. The van der Waals surface area contributed by atoms with Gasteiger partial charge in [-0.3, -0.25) is 0 Å². The van der Waals surface area contributed by atoms with Crippen LogP contribution in [0.4, 0.5) is 5.69 Å². The fourth-order valence-corrected chi connectivity index (χ4v) is 1.33. The molecule has 0 saturated heterocycles. The van der Waals surface area contributed by atoms with E-state index in [0.29, 0.717) is 10.8 Å². The Bertz CT molecular complexity index is 379. The fourth-order valence-electron chi connectivity index (χ4n) is 1.17. The molecule has 0 atom stereocenters. The number of benzene rings is 1. The van der Waals surface area contributed by atoms with E-state index in [9.17, 15) is 4.79 Å². The van der Waals surface area contributed by atoms with Gasteiger partial charge in [-0.25, -0.2) is 4.79 Å². The van der Waals surface area contributed by atoms with Gasteiger partial charge in [0.15, 0.2) is 6.61 Å². The van der Waals surface area contributed by atoms with Gasteiger partial charge < -0.3 is 14.4 Å². The van der Waals surface area contributed by atoms with E-state index in [1.54, 1.807) is 12.1 Å². The Kier molecular flexibility index (Phi) is 4.43. The largest absolute Gasteiger partial charge is 0.480 e. The number of hydrogen-bond acceptors (Lipinski definition) is 4. The monoisotopic (exact) mass is 243 g/mol. The number of methoxy groups -OCH3 is 1. The number of carbonyl (C=O) groups excluding carboxylic acids is 1. The molecule has 16 heavy (non-hydrogen) atoms. The van der Waals surface area contributed by atoms with Crippen LogP contribution >= 0.6 is 11.6 Å². The van der Waals surface area contributed by atoms with Crippen LogP contribution in [0, 0.1) is 0 Å². The number of nitrogens with zero attached hydrogens (tertiary/aromatic N) is 1. The van der Waals surface area contributed by atoms with Crippen molar-refractivity contribution in [1.29, 1.82) is 0 Å². The summed E-state index contributed by atoms with van der Waals surface area (Å²) in [5.74, 6) is 0.132. The number of carbonyl (C=O) groups is 1. The van der Waals surface area contributed by atoms with E-state index in [4.69, 9.17) is 16.3 Å². The SMILES string of the molecule is COC(=O)COc1cc(Cl)ccc1N(C)C. The van der Waals surface area contributed by atoms with Crippen molar-refractivity contribution in [2.24, 2.45) is 0 Å². The van der Waals surface area contributed by atoms with Crippen molar-refractivity contribution >= 4 is 23.3 Å². The molecule has 1 aromatic rings. The molecule has 0 bridgehead atoms. The summed E-state index contributed by atoms with van der Waals surface area (Å²) in [5, 5.41) is 0.561. The summed E-state index contributed by atoms with van der Waals surface area (Å²) in [7, 11) is 5.08. The highest BCUT2D eigenvalue weighted by molar-refractivity contribution is 6.30. The average Bonchev–Trinajstić information content (AvgIpc) is 2.25. The summed E-state index contributed by atoms with van der Waals surface area (Å²) in [5.41, 5.74) is 0.855. The molecule has 0 N–H and O–H groups in total. The molecule has 0 aromatic heterocycles. The fraction of sp³-hybridized carbons (Fsp3) is 0.364. The van der Waals surface area contributed by atoms with Gasteiger partial charge in [-0.05, 0) is 12.1 Å². The smallest absolute Gasteiger partial charge is 0.343 e. The van der Waals surface area contributed by atoms with E-state index in [0.717, 1.165) is 5.69 Å². The van der Waals surface area contributed by atoms with Gasteiger partial charge in [0, 0.05) is 25.2 Å². The summed E-state index contributed by atoms with van der Waals surface area (Å²) in [6.07, 6.45) is 0. The minimum absolute atomic E-state index is 0.127. The third-order valence-corrected chi connectivity index (χ3v) is 2.21. The predicted molar refractivity (Wildman–Crippen MR) is 63.3 cm³/mol. The Morgan fingerprint density at radius 3 is 2.69 bits per heavy atom. The van der Waals surface area contributed by atoms with Crippen LogP contribution in [0.3, 0.4) is 0 Å². The Labute approximate surface area is 99.7 Å². The van der Waals surface area contributed by atoms with E-state index >= 15 is 0 Å². The molecule has 1 rings (SSSR count). The normalized spacial score (nSPS) is 9.75. The number of halogens is 1. The van der Waals surface area contributed by atoms with Gasteiger partial charge >= 0.3 is 5.97 Å². The highest BCUT2D eigenvalue weighted by Crippen LogP contribution is 2.29. The maximum Gasteiger partial charge on any atom is 0.343 e. The first-order valence-corrected chi connectivity index (χ1v) is 5.09. The maximum atomic E-state index is 11.0. The second kappa shape index (κ2) is 5.61. The van der Waals surface area contributed by atoms with E-state index in [2.05, 4.69) is 4.74 Å². The predicted octanol–water partition coefficient (Wildman–Crippen LogP) is 1.96. The molecule has 0 saturated carbocycles. The van der Waals surface area contributed by atoms with Crippen LogP contribution in [0.1, 0.15) is 0 Å². The summed E-state index contributed by atoms with van der Waals surface area (Å²) in [6, 6.07) is 5.26. The van der Waals surface area contributed by atoms with Gasteiger partial charge in [0.2, 0.25) is 0 Å². The number of ether oxygens (including phenoxy) is 2. The molecule has 0 amide bonds. The zero-order chi connectivity index (χ0) is 12.1. The second-order valence-corrected chi connectivity index (χ2v) is 3.81. The number of hydrogen-bond donors (Lipinski definition) is 0. The zero-order valence-corrected chi connectivity index (χ0v) is 10.2. The molecule has 4 nitrogen and oxygen atoms in total. The Morgan fingerprint density at radius 2 is 2.12 bits per heavy atom. The van der Waals surface area contributed by atoms with Crippen LogP contribution in [0.5, 0.6) is 5.75 Å². The summed E-state index contributed by atoms with van der Waals surface area (Å²) in [4.78, 5) is 12.8. The molecule has 0 unspecified atom stereocenters. The highest BCUT2D eigenvalue weighted by Gasteiger charge is 2.09. The molecule has 0 fully saturated rings. The van der Waals surface area contributed by atoms with Crippen molar-refractivity contribution in [2.45, 2.75) is 0 Å². The Balaban J connectivity index is 2.84. The van der Waals surface area contributed by atoms with E-state index < -0.39 is 5.97 Å². The van der Waals surface area contributed by atoms with Crippen molar-refractivity contribution in [3.63, 3.8) is 0 Å². The zero-order valence-electron chi connectivity index (χ0n) is 9.49. The standard InChI is InChI=1S/C11H14ClNO3/c1-13(2)9-5-4-8(12)6-10(9)16-7-11(14)15-3/h4-6H,7H2,1-3H3. The molecule has 0 aliphatic heterocycles. The Hall–Kier alpha value is -1.42. The first kappa shape index (κ1) is 12.6. The summed E-state index contributed by atoms with van der Waals surface area (Å²) in [6.45, 7) is -0.127. The third-order valence-electron chi connectivity index (χ3n) is 1.98. The van der Waals surface area contributed by atoms with Crippen molar-refractivity contribution in [3.05, 3.63) is 23.2 Å². The molecule has 0 spiro atoms. The summed E-state index contributed by atoms with van der Waals surface area (Å²) < 4.78 is 9.82. The van der Waals surface area contributed by atoms with Crippen LogP contribution in [0.15, 0.2) is 18.2 Å². The average molecular weight is 244 g/mol. The van der Waals surface area contributed by atoms with Crippen molar-refractivity contribution in [1.82, 2.24) is 0 Å². The topological polar surface area (TPSA) is 38.8 Å². The quantitative estimate of drug-likeness (QED) is 0.758. The van der Waals surface area contributed by atoms with Crippen LogP contribution < -0.4 is 9.64 Å². The maximum absolute atomic E-state index is 11.0. The van der Waals surface area contributed by atoms with Crippen LogP contribution in [0.25, 0.3) is 0 Å². The molecular weight excluding hydrogens is 230 g/mol. The lowest BCUT2D eigenvalue weighted by atomic mass is 10.3. The van der Waals surface area contributed by atoms with Crippen LogP contribution in [-0.2, 0) is 9.53 Å². The number of rotatable bonds is 4.